The average molecular weight is 197 g/mol. The highest BCUT2D eigenvalue weighted by Gasteiger charge is 2.19. The molecule has 0 fully saturated rings. The summed E-state index contributed by atoms with van der Waals surface area (Å²) >= 11 is 0. The first-order valence-corrected chi connectivity index (χ1v) is 3.32. The van der Waals surface area contributed by atoms with Gasteiger partial charge in [-0.05, 0) is 11.2 Å². The molecule has 0 heterocycles. The van der Waals surface area contributed by atoms with Crippen molar-refractivity contribution < 1.29 is 9.85 Å². The maximum atomic E-state index is 10.3. The first kappa shape index (κ1) is 9.71. The van der Waals surface area contributed by atoms with Crippen molar-refractivity contribution in [3.05, 3.63) is 43.3 Å². The Morgan fingerprint density at radius 3 is 2.21 bits per heavy atom. The molecule has 8 nitrogen and oxygen atoms in total. The maximum Gasteiger partial charge on any atom is 0.305 e. The standard InChI is InChI=1S/C6H3N3O5/c10-7-5-2-1-4(8(11)12)3-6(5)9(13)14/h1-3H. The van der Waals surface area contributed by atoms with Crippen LogP contribution in [0.1, 0.15) is 0 Å². The summed E-state index contributed by atoms with van der Waals surface area (Å²) in [6.45, 7) is 0. The Morgan fingerprint density at radius 1 is 1.14 bits per heavy atom. The SMILES string of the molecule is O=Nc1ccc([N+](=O)[O-])cc1[N+](=O)[O-]. The molecule has 0 atom stereocenters. The van der Waals surface area contributed by atoms with E-state index < -0.39 is 26.9 Å². The Kier molecular flexibility index (Phi) is 2.47. The first-order valence-electron chi connectivity index (χ1n) is 3.32. The minimum atomic E-state index is -0.899. The van der Waals surface area contributed by atoms with E-state index in [0.29, 0.717) is 6.07 Å². The van der Waals surface area contributed by atoms with Crippen LogP contribution in [0.3, 0.4) is 0 Å². The minimum absolute atomic E-state index is 0.430. The molecule has 0 N–H and O–H groups in total. The number of nitro groups is 2. The molecular formula is C6H3N3O5. The van der Waals surface area contributed by atoms with Gasteiger partial charge in [-0.1, -0.05) is 0 Å². The van der Waals surface area contributed by atoms with Crippen molar-refractivity contribution in [2.45, 2.75) is 0 Å². The van der Waals surface area contributed by atoms with Gasteiger partial charge in [0.1, 0.15) is 0 Å². The van der Waals surface area contributed by atoms with E-state index in [4.69, 9.17) is 0 Å². The maximum absolute atomic E-state index is 10.3. The second-order valence-electron chi connectivity index (χ2n) is 2.28. The third kappa shape index (κ3) is 1.68. The zero-order valence-corrected chi connectivity index (χ0v) is 6.61. The van der Waals surface area contributed by atoms with Crippen molar-refractivity contribution in [2.75, 3.05) is 0 Å². The molecule has 1 rings (SSSR count). The Balaban J connectivity index is 3.34. The van der Waals surface area contributed by atoms with Crippen LogP contribution in [0, 0.1) is 25.1 Å². The van der Waals surface area contributed by atoms with Gasteiger partial charge in [0.2, 0.25) is 0 Å². The van der Waals surface area contributed by atoms with Crippen LogP contribution in [0.25, 0.3) is 0 Å². The van der Waals surface area contributed by atoms with Gasteiger partial charge in [-0.3, -0.25) is 20.2 Å². The molecule has 0 aliphatic heterocycles. The molecule has 0 aliphatic carbocycles. The molecular weight excluding hydrogens is 194 g/mol. The fourth-order valence-electron chi connectivity index (χ4n) is 0.849. The van der Waals surface area contributed by atoms with E-state index in [9.17, 15) is 25.1 Å². The minimum Gasteiger partial charge on any atom is -0.258 e. The lowest BCUT2D eigenvalue weighted by atomic mass is 10.2. The summed E-state index contributed by atoms with van der Waals surface area (Å²) in [6.07, 6.45) is 0. The highest BCUT2D eigenvalue weighted by molar-refractivity contribution is 5.61. The predicted octanol–water partition coefficient (Wildman–Crippen LogP) is 1.90. The van der Waals surface area contributed by atoms with Crippen molar-refractivity contribution in [1.29, 1.82) is 0 Å². The van der Waals surface area contributed by atoms with Crippen LogP contribution in [-0.2, 0) is 0 Å². The zero-order chi connectivity index (χ0) is 10.7. The third-order valence-electron chi connectivity index (χ3n) is 1.46. The van der Waals surface area contributed by atoms with E-state index in [0.717, 1.165) is 12.1 Å². The number of rotatable bonds is 3. The molecule has 1 aromatic rings. The summed E-state index contributed by atoms with van der Waals surface area (Å²) in [4.78, 5) is 29.0. The molecule has 0 amide bonds. The predicted molar refractivity (Wildman–Crippen MR) is 45.2 cm³/mol. The lowest BCUT2D eigenvalue weighted by Crippen LogP contribution is -1.92. The van der Waals surface area contributed by atoms with Crippen molar-refractivity contribution in [3.63, 3.8) is 0 Å². The van der Waals surface area contributed by atoms with Gasteiger partial charge >= 0.3 is 5.69 Å². The number of non-ortho nitro benzene ring substituents is 1. The van der Waals surface area contributed by atoms with Gasteiger partial charge in [-0.25, -0.2) is 0 Å². The number of hydrogen-bond donors (Lipinski definition) is 0. The van der Waals surface area contributed by atoms with E-state index in [1.807, 2.05) is 0 Å². The molecule has 0 unspecified atom stereocenters. The lowest BCUT2D eigenvalue weighted by molar-refractivity contribution is -0.393. The summed E-state index contributed by atoms with van der Waals surface area (Å²) in [6, 6.07) is 2.60. The van der Waals surface area contributed by atoms with Gasteiger partial charge < -0.3 is 0 Å². The molecule has 0 spiro atoms. The second-order valence-corrected chi connectivity index (χ2v) is 2.28. The topological polar surface area (TPSA) is 116 Å². The largest absolute Gasteiger partial charge is 0.305 e. The zero-order valence-electron chi connectivity index (χ0n) is 6.61. The second kappa shape index (κ2) is 3.56. The van der Waals surface area contributed by atoms with Gasteiger partial charge in [0.05, 0.1) is 15.9 Å². The molecule has 0 saturated heterocycles. The summed E-state index contributed by atoms with van der Waals surface area (Å²) in [5.74, 6) is 0. The fourth-order valence-corrected chi connectivity index (χ4v) is 0.849. The van der Waals surface area contributed by atoms with Crippen molar-refractivity contribution >= 4 is 17.1 Å². The molecule has 8 heteroatoms. The van der Waals surface area contributed by atoms with Crippen LogP contribution >= 0.6 is 0 Å². The summed E-state index contributed by atoms with van der Waals surface area (Å²) in [7, 11) is 0. The molecule has 0 aromatic heterocycles. The molecule has 0 bridgehead atoms. The van der Waals surface area contributed by atoms with E-state index in [-0.39, 0.29) is 0 Å². The van der Waals surface area contributed by atoms with Gasteiger partial charge in [0, 0.05) is 6.07 Å². The van der Waals surface area contributed by atoms with Crippen molar-refractivity contribution in [1.82, 2.24) is 0 Å². The summed E-state index contributed by atoms with van der Waals surface area (Å²) in [5.41, 5.74) is -1.56. The highest BCUT2D eigenvalue weighted by atomic mass is 16.6. The smallest absolute Gasteiger partial charge is 0.258 e. The van der Waals surface area contributed by atoms with Gasteiger partial charge in [0.15, 0.2) is 5.69 Å². The Bertz CT molecular complexity index is 416. The third-order valence-corrected chi connectivity index (χ3v) is 1.46. The van der Waals surface area contributed by atoms with Gasteiger partial charge in [0.25, 0.3) is 5.69 Å². The van der Waals surface area contributed by atoms with Crippen molar-refractivity contribution in [2.24, 2.45) is 5.18 Å². The Morgan fingerprint density at radius 2 is 1.79 bits per heavy atom. The van der Waals surface area contributed by atoms with Crippen LogP contribution in [0.4, 0.5) is 17.1 Å². The number of nitrogens with zero attached hydrogens (tertiary/aromatic N) is 3. The molecule has 1 aromatic carbocycles. The van der Waals surface area contributed by atoms with Gasteiger partial charge in [-0.15, -0.1) is 4.91 Å². The van der Waals surface area contributed by atoms with Crippen LogP contribution in [0.2, 0.25) is 0 Å². The highest BCUT2D eigenvalue weighted by Crippen LogP contribution is 2.30. The summed E-state index contributed by atoms with van der Waals surface area (Å²) in [5, 5.41) is 23.0. The van der Waals surface area contributed by atoms with Crippen LogP contribution < -0.4 is 0 Å². The Hall–Kier alpha value is -2.38. The van der Waals surface area contributed by atoms with Gasteiger partial charge in [-0.2, -0.15) is 0 Å². The molecule has 0 radical (unpaired) electrons. The molecule has 0 saturated carbocycles. The Labute approximate surface area is 76.4 Å². The fraction of sp³-hybridized carbons (Fsp3) is 0. The van der Waals surface area contributed by atoms with Crippen molar-refractivity contribution in [3.8, 4) is 0 Å². The summed E-state index contributed by atoms with van der Waals surface area (Å²) < 4.78 is 0. The number of nitroso groups, excluding NO2 is 1. The number of hydrogen-bond acceptors (Lipinski definition) is 6. The van der Waals surface area contributed by atoms with E-state index in [2.05, 4.69) is 5.18 Å². The van der Waals surface area contributed by atoms with Crippen LogP contribution in [0.5, 0.6) is 0 Å². The molecule has 0 aliphatic rings. The number of nitro benzene ring substituents is 2. The van der Waals surface area contributed by atoms with E-state index >= 15 is 0 Å². The quantitative estimate of drug-likeness (QED) is 0.416. The molecule has 72 valence electrons. The van der Waals surface area contributed by atoms with E-state index in [1.54, 1.807) is 0 Å². The van der Waals surface area contributed by atoms with Crippen LogP contribution in [0.15, 0.2) is 23.4 Å². The number of benzene rings is 1. The molecule has 14 heavy (non-hydrogen) atoms. The monoisotopic (exact) mass is 197 g/mol. The first-order chi connectivity index (χ1) is 6.56. The van der Waals surface area contributed by atoms with Crippen LogP contribution in [-0.4, -0.2) is 9.85 Å². The lowest BCUT2D eigenvalue weighted by Gasteiger charge is -1.93. The average Bonchev–Trinajstić information content (AvgIpc) is 2.16. The normalized spacial score (nSPS) is 9.43. The van der Waals surface area contributed by atoms with E-state index in [1.165, 1.54) is 0 Å².